The van der Waals surface area contributed by atoms with Crippen LogP contribution in [-0.4, -0.2) is 5.78 Å². The van der Waals surface area contributed by atoms with Gasteiger partial charge in [0.1, 0.15) is 5.78 Å². The molecule has 0 aromatic carbocycles. The fourth-order valence-electron chi connectivity index (χ4n) is 4.54. The SMILES string of the molecule is CC(C)C(C)/C=C/C(C)C1CCC2C(=O)CCCC21C. The highest BCUT2D eigenvalue weighted by molar-refractivity contribution is 5.83. The largest absolute Gasteiger partial charge is 0.299 e. The maximum atomic E-state index is 12.2. The molecule has 0 saturated heterocycles. The maximum absolute atomic E-state index is 12.2. The predicted octanol–water partition coefficient (Wildman–Crippen LogP) is 5.26. The Labute approximate surface area is 125 Å². The van der Waals surface area contributed by atoms with E-state index in [1.165, 1.54) is 12.8 Å². The first-order valence-electron chi connectivity index (χ1n) is 8.57. The van der Waals surface area contributed by atoms with Crippen molar-refractivity contribution in [2.45, 2.75) is 66.7 Å². The molecule has 0 aromatic rings. The molecule has 0 heterocycles. The van der Waals surface area contributed by atoms with Gasteiger partial charge in [-0.3, -0.25) is 4.79 Å². The molecule has 0 bridgehead atoms. The van der Waals surface area contributed by atoms with E-state index in [-0.39, 0.29) is 5.41 Å². The number of rotatable bonds is 4. The highest BCUT2D eigenvalue weighted by atomic mass is 16.1. The highest BCUT2D eigenvalue weighted by Gasteiger charge is 2.51. The van der Waals surface area contributed by atoms with Gasteiger partial charge in [0, 0.05) is 12.3 Å². The van der Waals surface area contributed by atoms with Crippen molar-refractivity contribution < 1.29 is 4.79 Å². The number of allylic oxidation sites excluding steroid dienone is 2. The molecule has 0 amide bonds. The molecule has 0 aromatic heterocycles. The van der Waals surface area contributed by atoms with Gasteiger partial charge in [0.05, 0.1) is 0 Å². The van der Waals surface area contributed by atoms with E-state index in [1.807, 2.05) is 0 Å². The molecule has 0 N–H and O–H groups in total. The fraction of sp³-hybridized carbons (Fsp3) is 0.842. The average Bonchev–Trinajstić information content (AvgIpc) is 2.74. The van der Waals surface area contributed by atoms with Crippen LogP contribution in [0.15, 0.2) is 12.2 Å². The van der Waals surface area contributed by atoms with Gasteiger partial charge in [-0.2, -0.15) is 0 Å². The second-order valence-corrected chi connectivity index (χ2v) is 7.91. The molecular formula is C19H32O. The molecule has 5 atom stereocenters. The number of fused-ring (bicyclic) bond motifs is 1. The number of hydrogen-bond donors (Lipinski definition) is 0. The van der Waals surface area contributed by atoms with Crippen molar-refractivity contribution in [2.24, 2.45) is 35.0 Å². The molecule has 0 spiro atoms. The molecule has 0 radical (unpaired) electrons. The molecule has 2 rings (SSSR count). The first-order chi connectivity index (χ1) is 9.36. The van der Waals surface area contributed by atoms with Crippen molar-refractivity contribution in [3.05, 3.63) is 12.2 Å². The predicted molar refractivity (Wildman–Crippen MR) is 85.5 cm³/mol. The van der Waals surface area contributed by atoms with Gasteiger partial charge < -0.3 is 0 Å². The van der Waals surface area contributed by atoms with Gasteiger partial charge in [0.15, 0.2) is 0 Å². The van der Waals surface area contributed by atoms with E-state index in [4.69, 9.17) is 0 Å². The van der Waals surface area contributed by atoms with E-state index in [1.54, 1.807) is 0 Å². The lowest BCUT2D eigenvalue weighted by atomic mass is 9.62. The summed E-state index contributed by atoms with van der Waals surface area (Å²) in [6.07, 6.45) is 10.4. The molecular weight excluding hydrogens is 244 g/mol. The van der Waals surface area contributed by atoms with Crippen molar-refractivity contribution >= 4 is 5.78 Å². The normalized spacial score (nSPS) is 37.4. The molecule has 2 fully saturated rings. The Morgan fingerprint density at radius 1 is 1.15 bits per heavy atom. The van der Waals surface area contributed by atoms with E-state index in [9.17, 15) is 4.79 Å². The second-order valence-electron chi connectivity index (χ2n) is 7.91. The van der Waals surface area contributed by atoms with Crippen molar-refractivity contribution in [3.63, 3.8) is 0 Å². The van der Waals surface area contributed by atoms with Crippen LogP contribution in [0.2, 0.25) is 0 Å². The first kappa shape index (κ1) is 15.8. The molecule has 1 heteroatoms. The second kappa shape index (κ2) is 6.03. The Hall–Kier alpha value is -0.590. The van der Waals surface area contributed by atoms with Crippen LogP contribution in [-0.2, 0) is 4.79 Å². The molecule has 114 valence electrons. The van der Waals surface area contributed by atoms with Crippen LogP contribution in [0.1, 0.15) is 66.7 Å². The number of carbonyl (C=O) groups is 1. The summed E-state index contributed by atoms with van der Waals surface area (Å²) in [5.74, 6) is 3.58. The van der Waals surface area contributed by atoms with Gasteiger partial charge >= 0.3 is 0 Å². The molecule has 2 aliphatic rings. The summed E-state index contributed by atoms with van der Waals surface area (Å²) in [6.45, 7) is 11.6. The van der Waals surface area contributed by atoms with Crippen molar-refractivity contribution in [1.29, 1.82) is 0 Å². The van der Waals surface area contributed by atoms with Gasteiger partial charge in [0.2, 0.25) is 0 Å². The van der Waals surface area contributed by atoms with E-state index < -0.39 is 0 Å². The van der Waals surface area contributed by atoms with Crippen molar-refractivity contribution in [1.82, 2.24) is 0 Å². The van der Waals surface area contributed by atoms with Crippen LogP contribution in [0.3, 0.4) is 0 Å². The third-order valence-electron chi connectivity index (χ3n) is 6.34. The van der Waals surface area contributed by atoms with Gasteiger partial charge in [-0.25, -0.2) is 0 Å². The van der Waals surface area contributed by atoms with Crippen molar-refractivity contribution in [2.75, 3.05) is 0 Å². The van der Waals surface area contributed by atoms with E-state index >= 15 is 0 Å². The number of ketones is 1. The van der Waals surface area contributed by atoms with E-state index in [2.05, 4.69) is 46.8 Å². The minimum absolute atomic E-state index is 0.278. The standard InChI is InChI=1S/C19H32O/c1-13(2)14(3)8-9-15(4)16-10-11-17-18(20)7-6-12-19(16,17)5/h8-9,13-17H,6-7,10-12H2,1-5H3/b9-8+. The van der Waals surface area contributed by atoms with Crippen LogP contribution in [0.5, 0.6) is 0 Å². The van der Waals surface area contributed by atoms with E-state index in [0.29, 0.717) is 35.4 Å². The Bertz CT molecular complexity index is 381. The Kier molecular flexibility index (Phi) is 4.76. The van der Waals surface area contributed by atoms with Crippen LogP contribution in [0.25, 0.3) is 0 Å². The smallest absolute Gasteiger partial charge is 0.136 e. The third kappa shape index (κ3) is 2.87. The lowest BCUT2D eigenvalue weighted by molar-refractivity contribution is -0.129. The summed E-state index contributed by atoms with van der Waals surface area (Å²) in [6, 6.07) is 0. The van der Waals surface area contributed by atoms with E-state index in [0.717, 1.165) is 19.3 Å². The quantitative estimate of drug-likeness (QED) is 0.640. The zero-order chi connectivity index (χ0) is 14.9. The lowest BCUT2D eigenvalue weighted by Crippen LogP contribution is -2.39. The lowest BCUT2D eigenvalue weighted by Gasteiger charge is -2.41. The molecule has 0 aliphatic heterocycles. The number of hydrogen-bond acceptors (Lipinski definition) is 1. The number of Topliss-reactive ketones (excluding diaryl/α,β-unsaturated/α-hetero) is 1. The third-order valence-corrected chi connectivity index (χ3v) is 6.34. The summed E-state index contributed by atoms with van der Waals surface area (Å²) < 4.78 is 0. The highest BCUT2D eigenvalue weighted by Crippen LogP contribution is 2.56. The Morgan fingerprint density at radius 3 is 2.50 bits per heavy atom. The topological polar surface area (TPSA) is 17.1 Å². The summed E-state index contributed by atoms with van der Waals surface area (Å²) in [4.78, 5) is 12.2. The van der Waals surface area contributed by atoms with Gasteiger partial charge in [-0.15, -0.1) is 0 Å². The fourth-order valence-corrected chi connectivity index (χ4v) is 4.54. The van der Waals surface area contributed by atoms with Crippen LogP contribution < -0.4 is 0 Å². The Morgan fingerprint density at radius 2 is 1.85 bits per heavy atom. The molecule has 2 aliphatic carbocycles. The maximum Gasteiger partial charge on any atom is 0.136 e. The number of carbonyl (C=O) groups excluding carboxylic acids is 1. The van der Waals surface area contributed by atoms with Gasteiger partial charge in [-0.05, 0) is 54.8 Å². The van der Waals surface area contributed by atoms with Gasteiger partial charge in [0.25, 0.3) is 0 Å². The van der Waals surface area contributed by atoms with Crippen LogP contribution in [0, 0.1) is 35.0 Å². The zero-order valence-corrected chi connectivity index (χ0v) is 14.0. The summed E-state index contributed by atoms with van der Waals surface area (Å²) in [5, 5.41) is 0. The minimum Gasteiger partial charge on any atom is -0.299 e. The minimum atomic E-state index is 0.278. The molecule has 5 unspecified atom stereocenters. The Balaban J connectivity index is 2.07. The summed E-state index contributed by atoms with van der Waals surface area (Å²) in [5.41, 5.74) is 0.278. The molecule has 2 saturated carbocycles. The monoisotopic (exact) mass is 276 g/mol. The zero-order valence-electron chi connectivity index (χ0n) is 14.0. The van der Waals surface area contributed by atoms with Gasteiger partial charge in [-0.1, -0.05) is 46.8 Å². The van der Waals surface area contributed by atoms with Crippen LogP contribution >= 0.6 is 0 Å². The average molecular weight is 276 g/mol. The molecule has 1 nitrogen and oxygen atoms in total. The summed E-state index contributed by atoms with van der Waals surface area (Å²) >= 11 is 0. The van der Waals surface area contributed by atoms with Crippen LogP contribution in [0.4, 0.5) is 0 Å². The van der Waals surface area contributed by atoms with Crippen molar-refractivity contribution in [3.8, 4) is 0 Å². The summed E-state index contributed by atoms with van der Waals surface area (Å²) in [7, 11) is 0. The molecule has 20 heavy (non-hydrogen) atoms. The first-order valence-corrected chi connectivity index (χ1v) is 8.57.